The second kappa shape index (κ2) is 9.06. The first-order valence-electron chi connectivity index (χ1n) is 12.6. The van der Waals surface area contributed by atoms with Crippen molar-refractivity contribution in [3.05, 3.63) is 69.1 Å². The molecule has 2 aliphatic heterocycles. The van der Waals surface area contributed by atoms with Gasteiger partial charge in [0.25, 0.3) is 5.91 Å². The van der Waals surface area contributed by atoms with Gasteiger partial charge in [0.2, 0.25) is 0 Å². The summed E-state index contributed by atoms with van der Waals surface area (Å²) in [5.41, 5.74) is 6.54. The molecule has 0 bridgehead atoms. The van der Waals surface area contributed by atoms with E-state index in [9.17, 15) is 9.59 Å². The number of hydrogen-bond acceptors (Lipinski definition) is 3. The smallest absolute Gasteiger partial charge is 0.329 e. The zero-order valence-electron chi connectivity index (χ0n) is 20.9. The highest BCUT2D eigenvalue weighted by Gasteiger charge is 2.29. The predicted octanol–water partition coefficient (Wildman–Crippen LogP) is 4.42. The van der Waals surface area contributed by atoms with Crippen LogP contribution in [0, 0.1) is 13.8 Å². The molecular formula is C28H36N4O2. The number of carbonyl (C=O) groups excluding carboxylic acids is 1. The molecule has 0 spiro atoms. The van der Waals surface area contributed by atoms with E-state index in [1.807, 2.05) is 29.5 Å². The Morgan fingerprint density at radius 3 is 2.44 bits per heavy atom. The van der Waals surface area contributed by atoms with Crippen LogP contribution in [0.5, 0.6) is 0 Å². The maximum Gasteiger partial charge on any atom is 0.329 e. The van der Waals surface area contributed by atoms with Crippen LogP contribution in [0.25, 0.3) is 11.0 Å². The first-order valence-corrected chi connectivity index (χ1v) is 12.6. The monoisotopic (exact) mass is 460 g/mol. The van der Waals surface area contributed by atoms with Crippen molar-refractivity contribution < 1.29 is 4.79 Å². The van der Waals surface area contributed by atoms with E-state index in [1.54, 1.807) is 4.57 Å². The molecule has 1 saturated heterocycles. The molecule has 0 aliphatic carbocycles. The minimum Gasteiger partial charge on any atom is -0.334 e. The highest BCUT2D eigenvalue weighted by atomic mass is 16.2. The van der Waals surface area contributed by atoms with Gasteiger partial charge in [0, 0.05) is 50.9 Å². The van der Waals surface area contributed by atoms with Crippen molar-refractivity contribution in [1.82, 2.24) is 18.9 Å². The Bertz CT molecular complexity index is 1280. The predicted molar refractivity (Wildman–Crippen MR) is 136 cm³/mol. The number of imidazole rings is 1. The van der Waals surface area contributed by atoms with Gasteiger partial charge in [-0.15, -0.1) is 0 Å². The highest BCUT2D eigenvalue weighted by molar-refractivity contribution is 5.98. The molecule has 2 aromatic carbocycles. The number of rotatable bonds is 6. The van der Waals surface area contributed by atoms with Crippen molar-refractivity contribution in [3.8, 4) is 0 Å². The molecule has 6 heteroatoms. The summed E-state index contributed by atoms with van der Waals surface area (Å²) in [7, 11) is 1.88. The standard InChI is InChI=1S/C28H36N4O2/c1-19-7-9-22-18-31(27(33)24(22)16-19)13-5-6-21(3)30-14-11-23(12-15-30)32-25-10-8-20(2)17-26(25)29(4)28(32)34/h7-10,16-17,21,23H,5-6,11-15,18H2,1-4H3. The van der Waals surface area contributed by atoms with Gasteiger partial charge in [0.05, 0.1) is 11.0 Å². The first kappa shape index (κ1) is 22.9. The molecule has 180 valence electrons. The summed E-state index contributed by atoms with van der Waals surface area (Å²) in [5, 5.41) is 0. The van der Waals surface area contributed by atoms with Crippen molar-refractivity contribution in [2.24, 2.45) is 7.05 Å². The fourth-order valence-corrected chi connectivity index (χ4v) is 5.83. The average molecular weight is 461 g/mol. The number of fused-ring (bicyclic) bond motifs is 2. The summed E-state index contributed by atoms with van der Waals surface area (Å²) in [5.74, 6) is 0.183. The van der Waals surface area contributed by atoms with E-state index in [0.717, 1.165) is 79.6 Å². The van der Waals surface area contributed by atoms with E-state index < -0.39 is 0 Å². The second-order valence-corrected chi connectivity index (χ2v) is 10.3. The number of aryl methyl sites for hydroxylation is 3. The Hall–Kier alpha value is -2.86. The van der Waals surface area contributed by atoms with Crippen LogP contribution >= 0.6 is 0 Å². The molecule has 1 atom stereocenters. The summed E-state index contributed by atoms with van der Waals surface area (Å²) in [6.45, 7) is 9.99. The molecule has 1 fully saturated rings. The number of aromatic nitrogens is 2. The topological polar surface area (TPSA) is 50.5 Å². The summed E-state index contributed by atoms with van der Waals surface area (Å²) < 4.78 is 3.81. The Kier molecular flexibility index (Phi) is 6.11. The van der Waals surface area contributed by atoms with Gasteiger partial charge in [0.15, 0.2) is 0 Å². The Labute approximate surface area is 201 Å². The molecule has 2 aliphatic rings. The number of hydrogen-bond donors (Lipinski definition) is 0. The van der Waals surface area contributed by atoms with Gasteiger partial charge in [0.1, 0.15) is 0 Å². The maximum atomic E-state index is 13.0. The molecule has 0 radical (unpaired) electrons. The van der Waals surface area contributed by atoms with Crippen LogP contribution in [-0.4, -0.2) is 50.5 Å². The SMILES string of the molecule is Cc1ccc2c(c1)C(=O)N(CCCC(C)N1CCC(n3c(=O)n(C)c4cc(C)ccc43)CC1)C2. The van der Waals surface area contributed by atoms with Crippen molar-refractivity contribution in [1.29, 1.82) is 0 Å². The lowest BCUT2D eigenvalue weighted by atomic mass is 10.0. The molecular weight excluding hydrogens is 424 g/mol. The van der Waals surface area contributed by atoms with Crippen LogP contribution in [0.4, 0.5) is 0 Å². The second-order valence-electron chi connectivity index (χ2n) is 10.3. The number of benzene rings is 2. The number of piperidine rings is 1. The fraction of sp³-hybridized carbons (Fsp3) is 0.500. The number of likely N-dealkylation sites (tertiary alicyclic amines) is 1. The Morgan fingerprint density at radius 1 is 0.971 bits per heavy atom. The van der Waals surface area contributed by atoms with Gasteiger partial charge < -0.3 is 9.80 Å². The highest BCUT2D eigenvalue weighted by Crippen LogP contribution is 2.28. The molecule has 6 nitrogen and oxygen atoms in total. The molecule has 3 aromatic rings. The van der Waals surface area contributed by atoms with Gasteiger partial charge in [-0.3, -0.25) is 13.9 Å². The van der Waals surface area contributed by atoms with Crippen LogP contribution in [0.3, 0.4) is 0 Å². The quantitative estimate of drug-likeness (QED) is 0.547. The van der Waals surface area contributed by atoms with E-state index in [-0.39, 0.29) is 17.6 Å². The fourth-order valence-electron chi connectivity index (χ4n) is 5.83. The molecule has 1 unspecified atom stereocenters. The summed E-state index contributed by atoms with van der Waals surface area (Å²) in [6, 6.07) is 13.2. The van der Waals surface area contributed by atoms with E-state index in [2.05, 4.69) is 49.1 Å². The minimum absolute atomic E-state index is 0.0959. The van der Waals surface area contributed by atoms with Crippen molar-refractivity contribution in [2.45, 2.75) is 65.1 Å². The molecule has 3 heterocycles. The van der Waals surface area contributed by atoms with E-state index in [4.69, 9.17) is 0 Å². The van der Waals surface area contributed by atoms with Gasteiger partial charge in [-0.05, 0) is 75.8 Å². The van der Waals surface area contributed by atoms with E-state index >= 15 is 0 Å². The minimum atomic E-state index is 0.0959. The van der Waals surface area contributed by atoms with Crippen LogP contribution in [0.1, 0.15) is 65.7 Å². The number of amides is 1. The summed E-state index contributed by atoms with van der Waals surface area (Å²) in [4.78, 5) is 30.3. The molecule has 1 amide bonds. The first-order chi connectivity index (χ1) is 16.3. The molecule has 1 aromatic heterocycles. The van der Waals surface area contributed by atoms with Crippen molar-refractivity contribution >= 4 is 16.9 Å². The van der Waals surface area contributed by atoms with Crippen LogP contribution in [0.2, 0.25) is 0 Å². The van der Waals surface area contributed by atoms with Crippen LogP contribution < -0.4 is 5.69 Å². The zero-order chi connectivity index (χ0) is 24.0. The maximum absolute atomic E-state index is 13.0. The lowest BCUT2D eigenvalue weighted by Gasteiger charge is -2.36. The number of carbonyl (C=O) groups is 1. The Morgan fingerprint density at radius 2 is 1.68 bits per heavy atom. The van der Waals surface area contributed by atoms with E-state index in [1.165, 1.54) is 5.56 Å². The lowest BCUT2D eigenvalue weighted by Crippen LogP contribution is -2.42. The van der Waals surface area contributed by atoms with Gasteiger partial charge in [-0.1, -0.05) is 23.8 Å². The Balaban J connectivity index is 1.15. The zero-order valence-corrected chi connectivity index (χ0v) is 20.9. The van der Waals surface area contributed by atoms with E-state index in [0.29, 0.717) is 6.04 Å². The largest absolute Gasteiger partial charge is 0.334 e. The summed E-state index contributed by atoms with van der Waals surface area (Å²) >= 11 is 0. The van der Waals surface area contributed by atoms with Crippen LogP contribution in [-0.2, 0) is 13.6 Å². The normalized spacial score (nSPS) is 18.1. The third-order valence-corrected chi connectivity index (χ3v) is 7.93. The molecule has 0 saturated carbocycles. The molecule has 0 N–H and O–H groups in total. The molecule has 5 rings (SSSR count). The third-order valence-electron chi connectivity index (χ3n) is 7.93. The van der Waals surface area contributed by atoms with Crippen LogP contribution in [0.15, 0.2) is 41.2 Å². The summed E-state index contributed by atoms with van der Waals surface area (Å²) in [6.07, 6.45) is 4.09. The van der Waals surface area contributed by atoms with Gasteiger partial charge in [-0.2, -0.15) is 0 Å². The van der Waals surface area contributed by atoms with Gasteiger partial charge >= 0.3 is 5.69 Å². The van der Waals surface area contributed by atoms with Crippen molar-refractivity contribution in [3.63, 3.8) is 0 Å². The van der Waals surface area contributed by atoms with Crippen molar-refractivity contribution in [2.75, 3.05) is 19.6 Å². The van der Waals surface area contributed by atoms with Gasteiger partial charge in [-0.25, -0.2) is 4.79 Å². The average Bonchev–Trinajstić information content (AvgIpc) is 3.27. The number of nitrogens with zero attached hydrogens (tertiary/aromatic N) is 4. The third kappa shape index (κ3) is 4.09. The lowest BCUT2D eigenvalue weighted by molar-refractivity contribution is 0.0766. The molecule has 34 heavy (non-hydrogen) atoms.